The maximum atomic E-state index is 5.42. The van der Waals surface area contributed by atoms with Gasteiger partial charge >= 0.3 is 0 Å². The summed E-state index contributed by atoms with van der Waals surface area (Å²) >= 11 is 0. The minimum absolute atomic E-state index is 0.496. The Morgan fingerprint density at radius 3 is 2.73 bits per heavy atom. The predicted molar refractivity (Wildman–Crippen MR) is 60.9 cm³/mol. The fraction of sp³-hybridized carbons (Fsp3) is 0.636. The van der Waals surface area contributed by atoms with Gasteiger partial charge in [0.05, 0.1) is 0 Å². The third-order valence-corrected chi connectivity index (χ3v) is 2.02. The van der Waals surface area contributed by atoms with Crippen LogP contribution in [-0.4, -0.2) is 23.6 Å². The van der Waals surface area contributed by atoms with Crippen LogP contribution in [0.3, 0.4) is 0 Å². The first-order chi connectivity index (χ1) is 7.30. The van der Waals surface area contributed by atoms with Gasteiger partial charge in [-0.15, -0.1) is 0 Å². The van der Waals surface area contributed by atoms with Crippen LogP contribution in [0.2, 0.25) is 0 Å². The van der Waals surface area contributed by atoms with Gasteiger partial charge in [0.1, 0.15) is 12.4 Å². The van der Waals surface area contributed by atoms with Gasteiger partial charge in [0.2, 0.25) is 0 Å². The topological polar surface area (TPSA) is 47.0 Å². The highest BCUT2D eigenvalue weighted by molar-refractivity contribution is 5.35. The van der Waals surface area contributed by atoms with Crippen molar-refractivity contribution in [1.82, 2.24) is 9.97 Å². The van der Waals surface area contributed by atoms with E-state index in [1.807, 2.05) is 13.1 Å². The lowest BCUT2D eigenvalue weighted by Gasteiger charge is -2.06. The van der Waals surface area contributed by atoms with Gasteiger partial charge in [-0.2, -0.15) is 0 Å². The Bertz CT molecular complexity index is 280. The highest BCUT2D eigenvalue weighted by Gasteiger charge is 2.02. The molecule has 0 radical (unpaired) electrons. The van der Waals surface area contributed by atoms with Gasteiger partial charge in [-0.1, -0.05) is 13.8 Å². The SMILES string of the molecule is CCCOCc1nc(CC)cc(NC)n1. The Morgan fingerprint density at radius 2 is 2.13 bits per heavy atom. The van der Waals surface area contributed by atoms with E-state index >= 15 is 0 Å². The van der Waals surface area contributed by atoms with Crippen LogP contribution in [0, 0.1) is 0 Å². The fourth-order valence-electron chi connectivity index (χ4n) is 1.23. The molecule has 1 N–H and O–H groups in total. The van der Waals surface area contributed by atoms with Gasteiger partial charge in [-0.3, -0.25) is 0 Å². The number of hydrogen-bond donors (Lipinski definition) is 1. The van der Waals surface area contributed by atoms with E-state index in [2.05, 4.69) is 29.1 Å². The summed E-state index contributed by atoms with van der Waals surface area (Å²) in [7, 11) is 1.86. The summed E-state index contributed by atoms with van der Waals surface area (Å²) in [6.45, 7) is 5.42. The van der Waals surface area contributed by atoms with Crippen LogP contribution in [0.4, 0.5) is 5.82 Å². The number of nitrogens with zero attached hydrogens (tertiary/aromatic N) is 2. The average Bonchev–Trinajstić information content (AvgIpc) is 2.29. The molecule has 0 bridgehead atoms. The van der Waals surface area contributed by atoms with Crippen LogP contribution >= 0.6 is 0 Å². The number of anilines is 1. The fourth-order valence-corrected chi connectivity index (χ4v) is 1.23. The normalized spacial score (nSPS) is 10.3. The summed E-state index contributed by atoms with van der Waals surface area (Å²) < 4.78 is 5.42. The molecule has 1 aromatic heterocycles. The van der Waals surface area contributed by atoms with Crippen molar-refractivity contribution in [3.05, 3.63) is 17.6 Å². The molecular weight excluding hydrogens is 190 g/mol. The summed E-state index contributed by atoms with van der Waals surface area (Å²) in [5.41, 5.74) is 1.05. The first-order valence-corrected chi connectivity index (χ1v) is 5.42. The highest BCUT2D eigenvalue weighted by Crippen LogP contribution is 2.07. The van der Waals surface area contributed by atoms with Crippen molar-refractivity contribution in [2.24, 2.45) is 0 Å². The molecule has 0 unspecified atom stereocenters. The predicted octanol–water partition coefficient (Wildman–Crippen LogP) is 2.01. The quantitative estimate of drug-likeness (QED) is 0.728. The smallest absolute Gasteiger partial charge is 0.156 e. The summed E-state index contributed by atoms with van der Waals surface area (Å²) in [6, 6.07) is 1.96. The average molecular weight is 209 g/mol. The van der Waals surface area contributed by atoms with Crippen LogP contribution in [0.5, 0.6) is 0 Å². The van der Waals surface area contributed by atoms with Crippen molar-refractivity contribution < 1.29 is 4.74 Å². The molecule has 4 nitrogen and oxygen atoms in total. The maximum Gasteiger partial charge on any atom is 0.156 e. The molecule has 0 aliphatic carbocycles. The zero-order chi connectivity index (χ0) is 11.1. The van der Waals surface area contributed by atoms with Crippen molar-refractivity contribution in [2.75, 3.05) is 19.0 Å². The summed E-state index contributed by atoms with van der Waals surface area (Å²) in [5.74, 6) is 1.61. The number of rotatable bonds is 6. The maximum absolute atomic E-state index is 5.42. The van der Waals surface area contributed by atoms with Crippen LogP contribution in [-0.2, 0) is 17.8 Å². The summed E-state index contributed by atoms with van der Waals surface area (Å²) in [4.78, 5) is 8.72. The lowest BCUT2D eigenvalue weighted by Crippen LogP contribution is -2.05. The van der Waals surface area contributed by atoms with Gasteiger partial charge in [-0.25, -0.2) is 9.97 Å². The second-order valence-electron chi connectivity index (χ2n) is 3.32. The molecular formula is C11H19N3O. The van der Waals surface area contributed by atoms with E-state index in [0.717, 1.165) is 36.8 Å². The standard InChI is InChI=1S/C11H19N3O/c1-4-6-15-8-11-13-9(5-2)7-10(12-3)14-11/h7H,4-6,8H2,1-3H3,(H,12,13,14). The molecule has 1 rings (SSSR count). The molecule has 0 aromatic carbocycles. The largest absolute Gasteiger partial charge is 0.373 e. The van der Waals surface area contributed by atoms with E-state index < -0.39 is 0 Å². The Labute approximate surface area is 91.1 Å². The summed E-state index contributed by atoms with van der Waals surface area (Å²) in [5, 5.41) is 3.03. The Kier molecular flexibility index (Phi) is 5.04. The van der Waals surface area contributed by atoms with E-state index in [0.29, 0.717) is 6.61 Å². The molecule has 0 atom stereocenters. The van der Waals surface area contributed by atoms with Crippen LogP contribution in [0.25, 0.3) is 0 Å². The van der Waals surface area contributed by atoms with Gasteiger partial charge in [0.25, 0.3) is 0 Å². The van der Waals surface area contributed by atoms with Gasteiger partial charge < -0.3 is 10.1 Å². The van der Waals surface area contributed by atoms with Crippen molar-refractivity contribution >= 4 is 5.82 Å². The number of nitrogens with one attached hydrogen (secondary N) is 1. The third-order valence-electron chi connectivity index (χ3n) is 2.02. The van der Waals surface area contributed by atoms with E-state index in [1.165, 1.54) is 0 Å². The zero-order valence-electron chi connectivity index (χ0n) is 9.71. The van der Waals surface area contributed by atoms with E-state index in [-0.39, 0.29) is 0 Å². The highest BCUT2D eigenvalue weighted by atomic mass is 16.5. The second kappa shape index (κ2) is 6.35. The van der Waals surface area contributed by atoms with Crippen molar-refractivity contribution in [3.63, 3.8) is 0 Å². The molecule has 0 saturated carbocycles. The lowest BCUT2D eigenvalue weighted by atomic mass is 10.3. The van der Waals surface area contributed by atoms with Gasteiger partial charge in [0, 0.05) is 25.4 Å². The Hall–Kier alpha value is -1.16. The third kappa shape index (κ3) is 3.83. The number of aryl methyl sites for hydroxylation is 1. The molecule has 0 fully saturated rings. The monoisotopic (exact) mass is 209 g/mol. The minimum Gasteiger partial charge on any atom is -0.373 e. The van der Waals surface area contributed by atoms with Crippen LogP contribution in [0.15, 0.2) is 6.07 Å². The molecule has 0 amide bonds. The minimum atomic E-state index is 0.496. The van der Waals surface area contributed by atoms with Crippen LogP contribution in [0.1, 0.15) is 31.8 Å². The summed E-state index contributed by atoms with van der Waals surface area (Å²) in [6.07, 6.45) is 1.93. The molecule has 0 aliphatic heterocycles. The van der Waals surface area contributed by atoms with E-state index in [4.69, 9.17) is 4.74 Å². The molecule has 15 heavy (non-hydrogen) atoms. The first-order valence-electron chi connectivity index (χ1n) is 5.42. The van der Waals surface area contributed by atoms with E-state index in [1.54, 1.807) is 0 Å². The number of aromatic nitrogens is 2. The molecule has 1 aromatic rings. The lowest BCUT2D eigenvalue weighted by molar-refractivity contribution is 0.116. The molecule has 84 valence electrons. The van der Waals surface area contributed by atoms with Crippen molar-refractivity contribution in [3.8, 4) is 0 Å². The van der Waals surface area contributed by atoms with Gasteiger partial charge in [0.15, 0.2) is 5.82 Å². The van der Waals surface area contributed by atoms with Crippen molar-refractivity contribution in [2.45, 2.75) is 33.3 Å². The Balaban J connectivity index is 2.68. The number of ether oxygens (including phenoxy) is 1. The molecule has 4 heteroatoms. The molecule has 0 saturated heterocycles. The van der Waals surface area contributed by atoms with Gasteiger partial charge in [-0.05, 0) is 12.8 Å². The molecule has 0 spiro atoms. The van der Waals surface area contributed by atoms with E-state index in [9.17, 15) is 0 Å². The Morgan fingerprint density at radius 1 is 1.33 bits per heavy atom. The number of hydrogen-bond acceptors (Lipinski definition) is 4. The van der Waals surface area contributed by atoms with Crippen molar-refractivity contribution in [1.29, 1.82) is 0 Å². The molecule has 1 heterocycles. The molecule has 0 aliphatic rings. The zero-order valence-corrected chi connectivity index (χ0v) is 9.71. The van der Waals surface area contributed by atoms with Crippen LogP contribution < -0.4 is 5.32 Å². The first kappa shape index (κ1) is 11.9. The second-order valence-corrected chi connectivity index (χ2v) is 3.32.